The van der Waals surface area contributed by atoms with E-state index < -0.39 is 0 Å². The minimum Gasteiger partial charge on any atom is -0.378 e. The van der Waals surface area contributed by atoms with Crippen LogP contribution < -0.4 is 9.80 Å². The summed E-state index contributed by atoms with van der Waals surface area (Å²) >= 11 is 1.79. The van der Waals surface area contributed by atoms with E-state index in [0.29, 0.717) is 5.25 Å². The zero-order valence-corrected chi connectivity index (χ0v) is 21.8. The van der Waals surface area contributed by atoms with E-state index in [0.717, 1.165) is 53.6 Å². The van der Waals surface area contributed by atoms with Crippen LogP contribution in [0.25, 0.3) is 22.5 Å². The van der Waals surface area contributed by atoms with Crippen molar-refractivity contribution in [2.45, 2.75) is 62.8 Å². The Morgan fingerprint density at radius 2 is 1.32 bits per heavy atom. The fraction of sp³-hybridized carbons (Fsp3) is 0.464. The molecule has 4 rings (SSSR count). The SMILES string of the molecule is CCCN(CCC)c1ccc(-c2nnc(SC3CCCC3)nc2-c2ccc(N(C)C)cc2)cc1. The van der Waals surface area contributed by atoms with Crippen LogP contribution in [0.1, 0.15) is 52.4 Å². The van der Waals surface area contributed by atoms with Gasteiger partial charge in [0.1, 0.15) is 11.4 Å². The average molecular weight is 476 g/mol. The molecule has 1 aliphatic carbocycles. The van der Waals surface area contributed by atoms with Gasteiger partial charge >= 0.3 is 0 Å². The molecule has 0 amide bonds. The lowest BCUT2D eigenvalue weighted by molar-refractivity contribution is 0.745. The number of thioether (sulfide) groups is 1. The fourth-order valence-electron chi connectivity index (χ4n) is 4.57. The van der Waals surface area contributed by atoms with Crippen LogP contribution in [-0.2, 0) is 0 Å². The third-order valence-corrected chi connectivity index (χ3v) is 7.58. The second kappa shape index (κ2) is 11.7. The van der Waals surface area contributed by atoms with Crippen molar-refractivity contribution in [3.8, 4) is 22.5 Å². The van der Waals surface area contributed by atoms with Crippen LogP contribution in [0.3, 0.4) is 0 Å². The van der Waals surface area contributed by atoms with Crippen LogP contribution in [0.5, 0.6) is 0 Å². The highest BCUT2D eigenvalue weighted by Gasteiger charge is 2.20. The van der Waals surface area contributed by atoms with Crippen LogP contribution in [-0.4, -0.2) is 47.6 Å². The third-order valence-electron chi connectivity index (χ3n) is 6.39. The summed E-state index contributed by atoms with van der Waals surface area (Å²) in [7, 11) is 4.12. The third kappa shape index (κ3) is 5.90. The summed E-state index contributed by atoms with van der Waals surface area (Å²) in [6.07, 6.45) is 7.39. The highest BCUT2D eigenvalue weighted by Crippen LogP contribution is 2.36. The first-order valence-corrected chi connectivity index (χ1v) is 13.5. The molecule has 34 heavy (non-hydrogen) atoms. The minimum absolute atomic E-state index is 0.610. The average Bonchev–Trinajstić information content (AvgIpc) is 3.37. The maximum atomic E-state index is 5.04. The van der Waals surface area contributed by atoms with Gasteiger partial charge in [0.2, 0.25) is 5.16 Å². The van der Waals surface area contributed by atoms with Gasteiger partial charge in [-0.1, -0.05) is 62.7 Å². The van der Waals surface area contributed by atoms with Gasteiger partial charge in [0.15, 0.2) is 0 Å². The Bertz CT molecular complexity index is 1040. The minimum atomic E-state index is 0.610. The van der Waals surface area contributed by atoms with E-state index in [1.807, 2.05) is 0 Å². The predicted molar refractivity (Wildman–Crippen MR) is 146 cm³/mol. The molecule has 0 radical (unpaired) electrons. The summed E-state index contributed by atoms with van der Waals surface area (Å²) in [4.78, 5) is 9.61. The number of benzene rings is 2. The summed E-state index contributed by atoms with van der Waals surface area (Å²) in [5.74, 6) is 0. The van der Waals surface area contributed by atoms with Gasteiger partial charge in [-0.3, -0.25) is 0 Å². The summed E-state index contributed by atoms with van der Waals surface area (Å²) in [5.41, 5.74) is 6.32. The summed E-state index contributed by atoms with van der Waals surface area (Å²) in [6, 6.07) is 17.3. The number of hydrogen-bond acceptors (Lipinski definition) is 6. The Balaban J connectivity index is 1.69. The van der Waals surface area contributed by atoms with Gasteiger partial charge in [0.25, 0.3) is 0 Å². The van der Waals surface area contributed by atoms with Crippen molar-refractivity contribution < 1.29 is 0 Å². The molecule has 1 aliphatic rings. The van der Waals surface area contributed by atoms with Crippen molar-refractivity contribution in [3.05, 3.63) is 48.5 Å². The predicted octanol–water partition coefficient (Wildman–Crippen LogP) is 6.93. The van der Waals surface area contributed by atoms with Crippen LogP contribution in [0.15, 0.2) is 53.7 Å². The lowest BCUT2D eigenvalue weighted by Crippen LogP contribution is -2.24. The van der Waals surface area contributed by atoms with E-state index >= 15 is 0 Å². The zero-order valence-electron chi connectivity index (χ0n) is 21.0. The lowest BCUT2D eigenvalue weighted by Gasteiger charge is -2.24. The molecular formula is C28H37N5S. The Hall–Kier alpha value is -2.60. The molecule has 6 heteroatoms. The summed E-state index contributed by atoms with van der Waals surface area (Å²) in [6.45, 7) is 6.62. The molecule has 0 saturated heterocycles. The van der Waals surface area contributed by atoms with Crippen LogP contribution in [0.2, 0.25) is 0 Å². The lowest BCUT2D eigenvalue weighted by atomic mass is 10.0. The topological polar surface area (TPSA) is 45.2 Å². The van der Waals surface area contributed by atoms with E-state index in [9.17, 15) is 0 Å². The highest BCUT2D eigenvalue weighted by atomic mass is 32.2. The first-order valence-electron chi connectivity index (χ1n) is 12.6. The monoisotopic (exact) mass is 475 g/mol. The van der Waals surface area contributed by atoms with Gasteiger partial charge in [-0.05, 0) is 49.9 Å². The second-order valence-corrected chi connectivity index (χ2v) is 10.6. The Morgan fingerprint density at radius 1 is 0.765 bits per heavy atom. The molecule has 1 heterocycles. The number of hydrogen-bond donors (Lipinski definition) is 0. The van der Waals surface area contributed by atoms with Gasteiger partial charge < -0.3 is 9.80 Å². The van der Waals surface area contributed by atoms with E-state index in [4.69, 9.17) is 10.1 Å². The quantitative estimate of drug-likeness (QED) is 0.317. The van der Waals surface area contributed by atoms with Crippen molar-refractivity contribution in [3.63, 3.8) is 0 Å². The fourth-order valence-corrected chi connectivity index (χ4v) is 5.67. The molecule has 180 valence electrons. The van der Waals surface area contributed by atoms with Gasteiger partial charge in [-0.2, -0.15) is 0 Å². The van der Waals surface area contributed by atoms with E-state index in [1.165, 1.54) is 37.1 Å². The molecule has 2 aromatic carbocycles. The molecule has 3 aromatic rings. The van der Waals surface area contributed by atoms with Crippen LogP contribution >= 0.6 is 11.8 Å². The van der Waals surface area contributed by atoms with Crippen LogP contribution in [0.4, 0.5) is 11.4 Å². The first-order chi connectivity index (χ1) is 16.6. The molecule has 0 spiro atoms. The number of anilines is 2. The molecule has 1 saturated carbocycles. The number of nitrogens with zero attached hydrogens (tertiary/aromatic N) is 5. The number of rotatable bonds is 10. The molecule has 0 N–H and O–H groups in total. The first kappa shape index (κ1) is 24.5. The summed E-state index contributed by atoms with van der Waals surface area (Å²) < 4.78 is 0. The van der Waals surface area contributed by atoms with Crippen molar-refractivity contribution in [2.75, 3.05) is 37.0 Å². The van der Waals surface area contributed by atoms with Crippen molar-refractivity contribution in [2.24, 2.45) is 0 Å². The van der Waals surface area contributed by atoms with Crippen molar-refractivity contribution in [1.82, 2.24) is 15.2 Å². The second-order valence-electron chi connectivity index (χ2n) is 9.29. The van der Waals surface area contributed by atoms with Gasteiger partial charge in [0.05, 0.1) is 0 Å². The van der Waals surface area contributed by atoms with Crippen molar-refractivity contribution >= 4 is 23.1 Å². The largest absolute Gasteiger partial charge is 0.378 e. The Labute approximate surface area is 209 Å². The maximum absolute atomic E-state index is 5.04. The molecule has 1 aromatic heterocycles. The molecule has 0 bridgehead atoms. The van der Waals surface area contributed by atoms with Gasteiger partial charge in [-0.25, -0.2) is 4.98 Å². The standard InChI is InChI=1S/C28H37N5S/c1-5-19-33(20-6-2)24-17-13-22(14-18-24)27-26(21-11-15-23(16-12-21)32(3)4)29-28(31-30-27)34-25-9-7-8-10-25/h11-18,25H,5-10,19-20H2,1-4H3. The molecule has 0 aliphatic heterocycles. The molecule has 0 unspecified atom stereocenters. The zero-order chi connectivity index (χ0) is 23.9. The molecule has 5 nitrogen and oxygen atoms in total. The highest BCUT2D eigenvalue weighted by molar-refractivity contribution is 7.99. The summed E-state index contributed by atoms with van der Waals surface area (Å²) in [5, 5.41) is 10.7. The van der Waals surface area contributed by atoms with Gasteiger partial charge in [0, 0.05) is 54.9 Å². The van der Waals surface area contributed by atoms with E-state index in [-0.39, 0.29) is 0 Å². The normalized spacial score (nSPS) is 13.9. The number of aromatic nitrogens is 3. The Kier molecular flexibility index (Phi) is 8.44. The maximum Gasteiger partial charge on any atom is 0.209 e. The van der Waals surface area contributed by atoms with Crippen LogP contribution in [0, 0.1) is 0 Å². The van der Waals surface area contributed by atoms with Gasteiger partial charge in [-0.15, -0.1) is 10.2 Å². The Morgan fingerprint density at radius 3 is 1.88 bits per heavy atom. The molecule has 0 atom stereocenters. The molecule has 1 fully saturated rings. The van der Waals surface area contributed by atoms with Crippen molar-refractivity contribution in [1.29, 1.82) is 0 Å². The smallest absolute Gasteiger partial charge is 0.209 e. The molecular weight excluding hydrogens is 438 g/mol. The van der Waals surface area contributed by atoms with E-state index in [1.54, 1.807) is 11.8 Å². The van der Waals surface area contributed by atoms with E-state index in [2.05, 4.69) is 91.4 Å².